The van der Waals surface area contributed by atoms with Gasteiger partial charge in [0.05, 0.1) is 34.0 Å². The SMILES string of the molecule is O[C@H]1CC[C@H](Nc2ccc(-c3ccn4c(CC(F)(F)F)cnc4c3Cl)cc2Cl)CC1. The molecule has 9 heteroatoms. The Hall–Kier alpha value is -1.96. The first-order valence-electron chi connectivity index (χ1n) is 9.67. The number of imidazole rings is 1. The fraction of sp³-hybridized carbons (Fsp3) is 0.381. The predicted molar refractivity (Wildman–Crippen MR) is 112 cm³/mol. The van der Waals surface area contributed by atoms with Crippen LogP contribution in [0.15, 0.2) is 36.7 Å². The van der Waals surface area contributed by atoms with Crippen molar-refractivity contribution in [2.75, 3.05) is 5.32 Å². The molecule has 30 heavy (non-hydrogen) atoms. The van der Waals surface area contributed by atoms with Gasteiger partial charge in [0.25, 0.3) is 0 Å². The Balaban J connectivity index is 1.59. The standard InChI is InChI=1S/C21H20Cl2F3N3O/c22-17-9-12(1-6-18(17)28-13-2-4-15(30)5-3-13)16-7-8-29-14(10-21(24,25)26)11-27-20(29)19(16)23/h1,6-9,11,13,15,28,30H,2-5,10H2/t13-,15-. The fourth-order valence-electron chi connectivity index (χ4n) is 3.87. The Bertz CT molecular complexity index is 1060. The minimum atomic E-state index is -4.33. The molecule has 0 saturated heterocycles. The van der Waals surface area contributed by atoms with Gasteiger partial charge in [-0.05, 0) is 49.4 Å². The molecule has 1 aliphatic rings. The molecule has 0 radical (unpaired) electrons. The highest BCUT2D eigenvalue weighted by Gasteiger charge is 2.29. The number of rotatable bonds is 4. The van der Waals surface area contributed by atoms with Gasteiger partial charge in [-0.3, -0.25) is 0 Å². The summed E-state index contributed by atoms with van der Waals surface area (Å²) in [5.41, 5.74) is 2.49. The van der Waals surface area contributed by atoms with Crippen LogP contribution in [0.2, 0.25) is 10.0 Å². The molecule has 0 aliphatic heterocycles. The molecule has 0 spiro atoms. The van der Waals surface area contributed by atoms with Crippen LogP contribution < -0.4 is 5.32 Å². The predicted octanol–water partition coefficient (Wildman–Crippen LogP) is 6.13. The Morgan fingerprint density at radius 3 is 2.53 bits per heavy atom. The number of fused-ring (bicyclic) bond motifs is 1. The summed E-state index contributed by atoms with van der Waals surface area (Å²) in [6, 6.07) is 7.43. The number of hydrogen-bond donors (Lipinski definition) is 2. The molecule has 0 unspecified atom stereocenters. The molecule has 1 aromatic carbocycles. The molecule has 0 bridgehead atoms. The number of halogens is 5. The molecule has 3 aromatic rings. The molecular formula is C21H20Cl2F3N3O. The van der Waals surface area contributed by atoms with E-state index in [0.29, 0.717) is 10.6 Å². The quantitative estimate of drug-likeness (QED) is 0.495. The molecule has 0 amide bonds. The average Bonchev–Trinajstić information content (AvgIpc) is 3.07. The summed E-state index contributed by atoms with van der Waals surface area (Å²) in [4.78, 5) is 4.08. The fourth-order valence-corrected chi connectivity index (χ4v) is 4.41. The lowest BCUT2D eigenvalue weighted by Crippen LogP contribution is -2.28. The van der Waals surface area contributed by atoms with Gasteiger partial charge in [0, 0.05) is 24.0 Å². The Morgan fingerprint density at radius 1 is 1.13 bits per heavy atom. The summed E-state index contributed by atoms with van der Waals surface area (Å²) >= 11 is 12.9. The third-order valence-corrected chi connectivity index (χ3v) is 6.10. The van der Waals surface area contributed by atoms with Crippen molar-refractivity contribution in [3.05, 3.63) is 52.4 Å². The van der Waals surface area contributed by atoms with E-state index >= 15 is 0 Å². The Kier molecular flexibility index (Phi) is 5.88. The molecule has 2 aromatic heterocycles. The summed E-state index contributed by atoms with van der Waals surface area (Å²) in [7, 11) is 0. The number of pyridine rings is 1. The lowest BCUT2D eigenvalue weighted by atomic mass is 9.93. The van der Waals surface area contributed by atoms with Gasteiger partial charge in [0.1, 0.15) is 0 Å². The van der Waals surface area contributed by atoms with Crippen LogP contribution in [0.5, 0.6) is 0 Å². The number of alkyl halides is 3. The molecule has 4 nitrogen and oxygen atoms in total. The molecule has 1 aliphatic carbocycles. The van der Waals surface area contributed by atoms with Gasteiger partial charge >= 0.3 is 6.18 Å². The molecule has 1 saturated carbocycles. The van der Waals surface area contributed by atoms with E-state index in [2.05, 4.69) is 10.3 Å². The second kappa shape index (κ2) is 8.29. The molecular weight excluding hydrogens is 438 g/mol. The highest BCUT2D eigenvalue weighted by atomic mass is 35.5. The number of hydrogen-bond acceptors (Lipinski definition) is 3. The highest BCUT2D eigenvalue weighted by Crippen LogP contribution is 2.36. The first-order valence-corrected chi connectivity index (χ1v) is 10.4. The molecule has 4 rings (SSSR count). The molecule has 1 fully saturated rings. The van der Waals surface area contributed by atoms with Gasteiger partial charge < -0.3 is 14.8 Å². The van der Waals surface area contributed by atoms with E-state index in [0.717, 1.165) is 36.9 Å². The van der Waals surface area contributed by atoms with E-state index in [1.165, 1.54) is 16.8 Å². The lowest BCUT2D eigenvalue weighted by molar-refractivity contribution is -0.127. The summed E-state index contributed by atoms with van der Waals surface area (Å²) in [6.45, 7) is 0. The van der Waals surface area contributed by atoms with E-state index < -0.39 is 12.6 Å². The monoisotopic (exact) mass is 457 g/mol. The van der Waals surface area contributed by atoms with Crippen molar-refractivity contribution >= 4 is 34.5 Å². The minimum absolute atomic E-state index is 0.0288. The van der Waals surface area contributed by atoms with E-state index in [9.17, 15) is 18.3 Å². The number of anilines is 1. The zero-order valence-corrected chi connectivity index (χ0v) is 17.4. The van der Waals surface area contributed by atoms with Crippen LogP contribution in [0.3, 0.4) is 0 Å². The topological polar surface area (TPSA) is 49.6 Å². The Labute approximate surface area is 181 Å². The zero-order chi connectivity index (χ0) is 21.5. The van der Waals surface area contributed by atoms with Gasteiger partial charge in [0.15, 0.2) is 5.65 Å². The number of nitrogens with one attached hydrogen (secondary N) is 1. The number of nitrogens with zero attached hydrogens (tertiary/aromatic N) is 2. The third-order valence-electron chi connectivity index (χ3n) is 5.41. The number of aliphatic hydroxyl groups is 1. The van der Waals surface area contributed by atoms with Crippen LogP contribution >= 0.6 is 23.2 Å². The largest absolute Gasteiger partial charge is 0.394 e. The summed E-state index contributed by atoms with van der Waals surface area (Å²) in [5, 5.41) is 13.8. The van der Waals surface area contributed by atoms with Gasteiger partial charge in [-0.15, -0.1) is 0 Å². The van der Waals surface area contributed by atoms with Gasteiger partial charge in [-0.1, -0.05) is 29.3 Å². The highest BCUT2D eigenvalue weighted by molar-refractivity contribution is 6.36. The van der Waals surface area contributed by atoms with Crippen LogP contribution in [0, 0.1) is 0 Å². The number of benzene rings is 1. The average molecular weight is 458 g/mol. The second-order valence-corrected chi connectivity index (χ2v) is 8.41. The number of aromatic nitrogens is 2. The van der Waals surface area contributed by atoms with Crippen molar-refractivity contribution < 1.29 is 18.3 Å². The second-order valence-electron chi connectivity index (χ2n) is 7.62. The van der Waals surface area contributed by atoms with Crippen molar-refractivity contribution in [1.29, 1.82) is 0 Å². The van der Waals surface area contributed by atoms with Gasteiger partial charge in [0.2, 0.25) is 0 Å². The van der Waals surface area contributed by atoms with Crippen LogP contribution in [-0.4, -0.2) is 32.8 Å². The maximum absolute atomic E-state index is 12.8. The van der Waals surface area contributed by atoms with Gasteiger partial charge in [-0.2, -0.15) is 13.2 Å². The van der Waals surface area contributed by atoms with E-state index in [-0.39, 0.29) is 28.5 Å². The molecule has 2 N–H and O–H groups in total. The van der Waals surface area contributed by atoms with Crippen molar-refractivity contribution in [1.82, 2.24) is 9.38 Å². The lowest BCUT2D eigenvalue weighted by Gasteiger charge is -2.27. The molecule has 160 valence electrons. The maximum Gasteiger partial charge on any atom is 0.394 e. The van der Waals surface area contributed by atoms with Gasteiger partial charge in [-0.25, -0.2) is 4.98 Å². The molecule has 0 atom stereocenters. The number of aliphatic hydroxyl groups excluding tert-OH is 1. The van der Waals surface area contributed by atoms with Crippen LogP contribution in [0.4, 0.5) is 18.9 Å². The summed E-state index contributed by atoms with van der Waals surface area (Å²) in [5.74, 6) is 0. The summed E-state index contributed by atoms with van der Waals surface area (Å²) < 4.78 is 39.6. The van der Waals surface area contributed by atoms with E-state index in [4.69, 9.17) is 23.2 Å². The zero-order valence-electron chi connectivity index (χ0n) is 15.9. The normalized spacial score (nSPS) is 19.9. The first kappa shape index (κ1) is 21.3. The van der Waals surface area contributed by atoms with E-state index in [1.54, 1.807) is 12.1 Å². The summed E-state index contributed by atoms with van der Waals surface area (Å²) in [6.07, 6.45) is 0.397. The minimum Gasteiger partial charge on any atom is -0.393 e. The van der Waals surface area contributed by atoms with Crippen LogP contribution in [0.25, 0.3) is 16.8 Å². The van der Waals surface area contributed by atoms with Crippen molar-refractivity contribution in [2.45, 2.75) is 50.4 Å². The van der Waals surface area contributed by atoms with E-state index in [1.807, 2.05) is 12.1 Å². The first-order chi connectivity index (χ1) is 14.2. The Morgan fingerprint density at radius 2 is 1.87 bits per heavy atom. The van der Waals surface area contributed by atoms with Crippen LogP contribution in [-0.2, 0) is 6.42 Å². The maximum atomic E-state index is 12.8. The smallest absolute Gasteiger partial charge is 0.393 e. The van der Waals surface area contributed by atoms with Crippen LogP contribution in [0.1, 0.15) is 31.4 Å². The third kappa shape index (κ3) is 4.53. The van der Waals surface area contributed by atoms with Crippen molar-refractivity contribution in [2.24, 2.45) is 0 Å². The molecule has 2 heterocycles. The van der Waals surface area contributed by atoms with Crippen molar-refractivity contribution in [3.8, 4) is 11.1 Å². The van der Waals surface area contributed by atoms with Crippen molar-refractivity contribution in [3.63, 3.8) is 0 Å².